The molecule has 0 fully saturated rings. The average Bonchev–Trinajstić information content (AvgIpc) is 2.14. The predicted molar refractivity (Wildman–Crippen MR) is 60.3 cm³/mol. The van der Waals surface area contributed by atoms with Gasteiger partial charge < -0.3 is 9.47 Å². The summed E-state index contributed by atoms with van der Waals surface area (Å²) in [6, 6.07) is 0. The summed E-state index contributed by atoms with van der Waals surface area (Å²) in [6.45, 7) is 8.24. The van der Waals surface area contributed by atoms with Gasteiger partial charge in [0.15, 0.2) is 5.79 Å². The second kappa shape index (κ2) is 7.02. The van der Waals surface area contributed by atoms with E-state index in [1.54, 1.807) is 7.11 Å². The molecule has 1 atom stereocenters. The topological polar surface area (TPSA) is 18.5 Å². The minimum absolute atomic E-state index is 0.201. The Morgan fingerprint density at radius 2 is 2.00 bits per heavy atom. The minimum Gasteiger partial charge on any atom is -0.353 e. The summed E-state index contributed by atoms with van der Waals surface area (Å²) in [5, 5.41) is 0. The Morgan fingerprint density at radius 1 is 1.36 bits per heavy atom. The van der Waals surface area contributed by atoms with Crippen molar-refractivity contribution in [3.8, 4) is 0 Å². The first-order valence-corrected chi connectivity index (χ1v) is 5.44. The first kappa shape index (κ1) is 13.7. The summed E-state index contributed by atoms with van der Waals surface area (Å²) < 4.78 is 11.4. The Balaban J connectivity index is 4.41. The standard InChI is InChI=1S/C12H24O2/c1-6-8-10-12(13-5,9-7-2)14-11(3)4/h6,8,11H,7,9-10H2,1-5H3/b8-6+. The molecule has 0 aromatic heterocycles. The molecular weight excluding hydrogens is 176 g/mol. The van der Waals surface area contributed by atoms with Crippen molar-refractivity contribution in [3.63, 3.8) is 0 Å². The smallest absolute Gasteiger partial charge is 0.171 e. The normalized spacial score (nSPS) is 16.4. The second-order valence-corrected chi connectivity index (χ2v) is 3.80. The molecule has 0 N–H and O–H groups in total. The van der Waals surface area contributed by atoms with Gasteiger partial charge in [0.05, 0.1) is 6.10 Å². The van der Waals surface area contributed by atoms with Crippen molar-refractivity contribution in [2.75, 3.05) is 7.11 Å². The van der Waals surface area contributed by atoms with Crippen LogP contribution in [0.4, 0.5) is 0 Å². The fourth-order valence-electron chi connectivity index (χ4n) is 1.55. The van der Waals surface area contributed by atoms with Crippen molar-refractivity contribution in [2.24, 2.45) is 0 Å². The molecule has 0 aromatic carbocycles. The zero-order valence-corrected chi connectivity index (χ0v) is 10.2. The Kier molecular flexibility index (Phi) is 6.85. The third kappa shape index (κ3) is 4.77. The Bertz CT molecular complexity index is 164. The number of ether oxygens (including phenoxy) is 2. The van der Waals surface area contributed by atoms with Crippen LogP contribution in [0, 0.1) is 0 Å². The zero-order chi connectivity index (χ0) is 11.0. The van der Waals surface area contributed by atoms with Gasteiger partial charge >= 0.3 is 0 Å². The third-order valence-corrected chi connectivity index (χ3v) is 2.12. The highest BCUT2D eigenvalue weighted by Gasteiger charge is 2.29. The van der Waals surface area contributed by atoms with E-state index >= 15 is 0 Å². The van der Waals surface area contributed by atoms with Gasteiger partial charge in [-0.05, 0) is 20.8 Å². The van der Waals surface area contributed by atoms with Gasteiger partial charge in [-0.15, -0.1) is 0 Å². The SMILES string of the molecule is C/C=C/CC(CCC)(OC)OC(C)C. The number of hydrogen-bond donors (Lipinski definition) is 0. The summed E-state index contributed by atoms with van der Waals surface area (Å²) in [5.41, 5.74) is 0. The van der Waals surface area contributed by atoms with Gasteiger partial charge in [0.1, 0.15) is 0 Å². The van der Waals surface area contributed by atoms with Gasteiger partial charge in [-0.25, -0.2) is 0 Å². The molecule has 14 heavy (non-hydrogen) atoms. The van der Waals surface area contributed by atoms with E-state index in [2.05, 4.69) is 13.0 Å². The fraction of sp³-hybridized carbons (Fsp3) is 0.833. The Hall–Kier alpha value is -0.340. The lowest BCUT2D eigenvalue weighted by atomic mass is 10.1. The molecule has 0 aliphatic heterocycles. The van der Waals surface area contributed by atoms with Crippen LogP contribution < -0.4 is 0 Å². The van der Waals surface area contributed by atoms with E-state index < -0.39 is 5.79 Å². The van der Waals surface area contributed by atoms with Gasteiger partial charge in [0.2, 0.25) is 0 Å². The zero-order valence-electron chi connectivity index (χ0n) is 10.2. The minimum atomic E-state index is -0.421. The van der Waals surface area contributed by atoms with E-state index in [4.69, 9.17) is 9.47 Å². The van der Waals surface area contributed by atoms with E-state index in [9.17, 15) is 0 Å². The van der Waals surface area contributed by atoms with Crippen LogP contribution in [0.3, 0.4) is 0 Å². The monoisotopic (exact) mass is 200 g/mol. The van der Waals surface area contributed by atoms with Gasteiger partial charge in [0.25, 0.3) is 0 Å². The van der Waals surface area contributed by atoms with Gasteiger partial charge in [-0.1, -0.05) is 25.5 Å². The summed E-state index contributed by atoms with van der Waals surface area (Å²) >= 11 is 0. The summed E-state index contributed by atoms with van der Waals surface area (Å²) in [5.74, 6) is -0.421. The maximum atomic E-state index is 5.86. The van der Waals surface area contributed by atoms with Crippen LogP contribution in [0.5, 0.6) is 0 Å². The first-order valence-electron chi connectivity index (χ1n) is 5.44. The van der Waals surface area contributed by atoms with Crippen molar-refractivity contribution in [2.45, 2.75) is 58.8 Å². The van der Waals surface area contributed by atoms with Crippen LogP contribution in [0.25, 0.3) is 0 Å². The van der Waals surface area contributed by atoms with Crippen molar-refractivity contribution < 1.29 is 9.47 Å². The van der Waals surface area contributed by atoms with Crippen LogP contribution in [0.1, 0.15) is 47.0 Å². The van der Waals surface area contributed by atoms with Gasteiger partial charge in [0, 0.05) is 20.0 Å². The molecule has 2 nitrogen and oxygen atoms in total. The number of rotatable bonds is 7. The molecule has 84 valence electrons. The molecule has 0 bridgehead atoms. The van der Waals surface area contributed by atoms with Crippen LogP contribution in [0.2, 0.25) is 0 Å². The van der Waals surface area contributed by atoms with Crippen molar-refractivity contribution >= 4 is 0 Å². The molecule has 0 spiro atoms. The van der Waals surface area contributed by atoms with Gasteiger partial charge in [-0.3, -0.25) is 0 Å². The van der Waals surface area contributed by atoms with Gasteiger partial charge in [-0.2, -0.15) is 0 Å². The van der Waals surface area contributed by atoms with E-state index in [-0.39, 0.29) is 6.10 Å². The third-order valence-electron chi connectivity index (χ3n) is 2.12. The van der Waals surface area contributed by atoms with Crippen molar-refractivity contribution in [3.05, 3.63) is 12.2 Å². The van der Waals surface area contributed by atoms with E-state index in [1.807, 2.05) is 26.8 Å². The highest BCUT2D eigenvalue weighted by Crippen LogP contribution is 2.25. The Labute approximate surface area is 88.3 Å². The largest absolute Gasteiger partial charge is 0.353 e. The molecule has 2 heteroatoms. The second-order valence-electron chi connectivity index (χ2n) is 3.80. The summed E-state index contributed by atoms with van der Waals surface area (Å²) in [4.78, 5) is 0. The quantitative estimate of drug-likeness (QED) is 0.462. The fourth-order valence-corrected chi connectivity index (χ4v) is 1.55. The van der Waals surface area contributed by atoms with Crippen LogP contribution in [-0.2, 0) is 9.47 Å². The Morgan fingerprint density at radius 3 is 2.36 bits per heavy atom. The molecular formula is C12H24O2. The maximum Gasteiger partial charge on any atom is 0.171 e. The van der Waals surface area contributed by atoms with Crippen LogP contribution in [-0.4, -0.2) is 19.0 Å². The number of allylic oxidation sites excluding steroid dienone is 1. The molecule has 0 saturated heterocycles. The van der Waals surface area contributed by atoms with Crippen molar-refractivity contribution in [1.29, 1.82) is 0 Å². The first-order chi connectivity index (χ1) is 6.60. The summed E-state index contributed by atoms with van der Waals surface area (Å²) in [7, 11) is 1.72. The number of methoxy groups -OCH3 is 1. The summed E-state index contributed by atoms with van der Waals surface area (Å²) in [6.07, 6.45) is 7.16. The highest BCUT2D eigenvalue weighted by molar-refractivity contribution is 4.86. The van der Waals surface area contributed by atoms with Crippen LogP contribution >= 0.6 is 0 Å². The molecule has 0 aliphatic rings. The van der Waals surface area contributed by atoms with E-state index in [0.29, 0.717) is 0 Å². The van der Waals surface area contributed by atoms with E-state index in [0.717, 1.165) is 19.3 Å². The molecule has 0 radical (unpaired) electrons. The average molecular weight is 200 g/mol. The molecule has 0 aromatic rings. The molecule has 0 aliphatic carbocycles. The van der Waals surface area contributed by atoms with Crippen LogP contribution in [0.15, 0.2) is 12.2 Å². The molecule has 0 heterocycles. The maximum absolute atomic E-state index is 5.86. The lowest BCUT2D eigenvalue weighted by Gasteiger charge is -2.33. The molecule has 0 rings (SSSR count). The molecule has 0 amide bonds. The highest BCUT2D eigenvalue weighted by atomic mass is 16.7. The predicted octanol–water partition coefficient (Wildman–Crippen LogP) is 3.52. The number of hydrogen-bond acceptors (Lipinski definition) is 2. The lowest BCUT2D eigenvalue weighted by molar-refractivity contribution is -0.241. The molecule has 0 saturated carbocycles. The lowest BCUT2D eigenvalue weighted by Crippen LogP contribution is -2.36. The van der Waals surface area contributed by atoms with E-state index in [1.165, 1.54) is 0 Å². The molecule has 1 unspecified atom stereocenters. The van der Waals surface area contributed by atoms with Crippen molar-refractivity contribution in [1.82, 2.24) is 0 Å².